The average Bonchev–Trinajstić information content (AvgIpc) is 2.97. The zero-order chi connectivity index (χ0) is 25.9. The van der Waals surface area contributed by atoms with E-state index in [0.29, 0.717) is 53.9 Å². The first-order valence-corrected chi connectivity index (χ1v) is 13.2. The van der Waals surface area contributed by atoms with Crippen LogP contribution >= 0.6 is 11.8 Å². The highest BCUT2D eigenvalue weighted by molar-refractivity contribution is 7.98. The molecule has 4 rings (SSSR count). The lowest BCUT2D eigenvalue weighted by atomic mass is 10.2. The SMILES string of the molecule is C=CCn1c(=O)c2cnc(SC)nc2n1-c1cccc(OC2CCCN(C(=O)OC(C)(C)C)CC2)n1. The van der Waals surface area contributed by atoms with Crippen LogP contribution in [-0.4, -0.2) is 66.4 Å². The van der Waals surface area contributed by atoms with E-state index in [2.05, 4.69) is 16.5 Å². The predicted molar refractivity (Wildman–Crippen MR) is 139 cm³/mol. The molecule has 1 fully saturated rings. The van der Waals surface area contributed by atoms with E-state index in [1.165, 1.54) is 16.4 Å². The second-order valence-electron chi connectivity index (χ2n) is 9.55. The summed E-state index contributed by atoms with van der Waals surface area (Å²) in [5.74, 6) is 0.957. The first kappa shape index (κ1) is 25.7. The topological polar surface area (TPSA) is 104 Å². The van der Waals surface area contributed by atoms with Gasteiger partial charge in [0.2, 0.25) is 5.88 Å². The lowest BCUT2D eigenvalue weighted by molar-refractivity contribution is 0.0252. The van der Waals surface area contributed by atoms with Crippen molar-refractivity contribution >= 4 is 28.9 Å². The van der Waals surface area contributed by atoms with Crippen molar-refractivity contribution in [3.63, 3.8) is 0 Å². The Morgan fingerprint density at radius 1 is 1.25 bits per heavy atom. The number of rotatable bonds is 6. The van der Waals surface area contributed by atoms with Gasteiger partial charge in [0.25, 0.3) is 5.56 Å². The van der Waals surface area contributed by atoms with E-state index in [1.807, 2.05) is 39.2 Å². The van der Waals surface area contributed by atoms with Crippen LogP contribution in [0.15, 0.2) is 47.0 Å². The van der Waals surface area contributed by atoms with Crippen molar-refractivity contribution in [2.45, 2.75) is 63.4 Å². The number of ether oxygens (including phenoxy) is 2. The van der Waals surface area contributed by atoms with Gasteiger partial charge in [0.1, 0.15) is 17.1 Å². The third kappa shape index (κ3) is 5.72. The van der Waals surface area contributed by atoms with Gasteiger partial charge < -0.3 is 14.4 Å². The second kappa shape index (κ2) is 10.7. The summed E-state index contributed by atoms with van der Waals surface area (Å²) in [7, 11) is 0. The van der Waals surface area contributed by atoms with Crippen LogP contribution in [-0.2, 0) is 11.3 Å². The Balaban J connectivity index is 1.57. The van der Waals surface area contributed by atoms with Gasteiger partial charge in [-0.2, -0.15) is 4.98 Å². The monoisotopic (exact) mass is 512 g/mol. The number of allylic oxidation sites excluding steroid dienone is 1. The van der Waals surface area contributed by atoms with Crippen molar-refractivity contribution in [1.29, 1.82) is 0 Å². The van der Waals surface area contributed by atoms with Crippen molar-refractivity contribution in [1.82, 2.24) is 29.2 Å². The largest absolute Gasteiger partial charge is 0.474 e. The molecular formula is C25H32N6O4S. The minimum absolute atomic E-state index is 0.0950. The Hall–Kier alpha value is -3.34. The number of nitrogens with zero attached hydrogens (tertiary/aromatic N) is 6. The Bertz CT molecular complexity index is 1310. The molecule has 11 heteroatoms. The van der Waals surface area contributed by atoms with E-state index in [1.54, 1.807) is 27.9 Å². The molecule has 10 nitrogen and oxygen atoms in total. The van der Waals surface area contributed by atoms with Gasteiger partial charge in [-0.15, -0.1) is 6.58 Å². The Morgan fingerprint density at radius 3 is 2.78 bits per heavy atom. The molecule has 0 radical (unpaired) electrons. The molecule has 1 aliphatic heterocycles. The van der Waals surface area contributed by atoms with Crippen LogP contribution in [0, 0.1) is 0 Å². The van der Waals surface area contributed by atoms with Crippen LogP contribution in [0.25, 0.3) is 16.9 Å². The number of hydrogen-bond donors (Lipinski definition) is 0. The van der Waals surface area contributed by atoms with Gasteiger partial charge >= 0.3 is 6.09 Å². The Kier molecular flexibility index (Phi) is 7.67. The molecule has 3 aromatic rings. The molecule has 0 saturated carbocycles. The molecule has 1 atom stereocenters. The number of thioether (sulfide) groups is 1. The molecule has 36 heavy (non-hydrogen) atoms. The third-order valence-electron chi connectivity index (χ3n) is 5.68. The number of likely N-dealkylation sites (tertiary alicyclic amines) is 1. The summed E-state index contributed by atoms with van der Waals surface area (Å²) in [5, 5.41) is 0.973. The molecule has 1 unspecified atom stereocenters. The molecule has 4 heterocycles. The summed E-state index contributed by atoms with van der Waals surface area (Å²) in [4.78, 5) is 40.8. The lowest BCUT2D eigenvalue weighted by Gasteiger charge is -2.26. The number of aromatic nitrogens is 5. The average molecular weight is 513 g/mol. The lowest BCUT2D eigenvalue weighted by Crippen LogP contribution is -2.37. The Morgan fingerprint density at radius 2 is 2.06 bits per heavy atom. The van der Waals surface area contributed by atoms with Crippen LogP contribution in [0.2, 0.25) is 0 Å². The second-order valence-corrected chi connectivity index (χ2v) is 10.3. The molecular weight excluding hydrogens is 480 g/mol. The fourth-order valence-electron chi connectivity index (χ4n) is 4.08. The smallest absolute Gasteiger partial charge is 0.410 e. The van der Waals surface area contributed by atoms with Crippen LogP contribution in [0.4, 0.5) is 4.79 Å². The van der Waals surface area contributed by atoms with Crippen molar-refractivity contribution in [3.05, 3.63) is 47.4 Å². The minimum atomic E-state index is -0.528. The molecule has 1 aliphatic rings. The van der Waals surface area contributed by atoms with E-state index in [-0.39, 0.29) is 17.8 Å². The number of carbonyl (C=O) groups excluding carboxylic acids is 1. The van der Waals surface area contributed by atoms with E-state index in [4.69, 9.17) is 14.5 Å². The van der Waals surface area contributed by atoms with Crippen LogP contribution in [0.1, 0.15) is 40.0 Å². The van der Waals surface area contributed by atoms with Crippen LogP contribution in [0.3, 0.4) is 0 Å². The van der Waals surface area contributed by atoms with E-state index in [0.717, 1.165) is 12.8 Å². The van der Waals surface area contributed by atoms with Gasteiger partial charge in [-0.05, 0) is 45.9 Å². The molecule has 3 aromatic heterocycles. The summed E-state index contributed by atoms with van der Waals surface area (Å²) < 4.78 is 15.0. The number of amides is 1. The zero-order valence-corrected chi connectivity index (χ0v) is 22.0. The van der Waals surface area contributed by atoms with Crippen molar-refractivity contribution in [3.8, 4) is 11.7 Å². The Labute approximate surface area is 214 Å². The molecule has 1 saturated heterocycles. The highest BCUT2D eigenvalue weighted by Crippen LogP contribution is 2.22. The fourth-order valence-corrected chi connectivity index (χ4v) is 4.42. The highest BCUT2D eigenvalue weighted by Gasteiger charge is 2.26. The molecule has 192 valence electrons. The first-order valence-electron chi connectivity index (χ1n) is 12.0. The number of fused-ring (bicyclic) bond motifs is 1. The van der Waals surface area contributed by atoms with Gasteiger partial charge in [-0.25, -0.2) is 24.1 Å². The summed E-state index contributed by atoms with van der Waals surface area (Å²) >= 11 is 1.40. The van der Waals surface area contributed by atoms with Crippen LogP contribution < -0.4 is 10.3 Å². The summed E-state index contributed by atoms with van der Waals surface area (Å²) in [6.07, 6.45) is 6.97. The minimum Gasteiger partial charge on any atom is -0.474 e. The van der Waals surface area contributed by atoms with Crippen molar-refractivity contribution in [2.75, 3.05) is 19.3 Å². The summed E-state index contributed by atoms with van der Waals surface area (Å²) in [6, 6.07) is 5.44. The van der Waals surface area contributed by atoms with Crippen LogP contribution in [0.5, 0.6) is 5.88 Å². The maximum absolute atomic E-state index is 13.0. The van der Waals surface area contributed by atoms with Gasteiger partial charge in [-0.3, -0.25) is 4.79 Å². The third-order valence-corrected chi connectivity index (χ3v) is 6.24. The first-order chi connectivity index (χ1) is 17.2. The maximum atomic E-state index is 13.0. The molecule has 0 spiro atoms. The molecule has 0 aromatic carbocycles. The van der Waals surface area contributed by atoms with E-state index >= 15 is 0 Å². The zero-order valence-electron chi connectivity index (χ0n) is 21.1. The predicted octanol–water partition coefficient (Wildman–Crippen LogP) is 4.05. The molecule has 0 aliphatic carbocycles. The fraction of sp³-hybridized carbons (Fsp3) is 0.480. The number of carbonyl (C=O) groups is 1. The molecule has 0 N–H and O–H groups in total. The summed E-state index contributed by atoms with van der Waals surface area (Å²) in [6.45, 7) is 10.8. The van der Waals surface area contributed by atoms with Gasteiger partial charge in [-0.1, -0.05) is 23.9 Å². The van der Waals surface area contributed by atoms with Gasteiger partial charge in [0.05, 0.1) is 6.54 Å². The summed E-state index contributed by atoms with van der Waals surface area (Å²) in [5.41, 5.74) is -0.259. The van der Waals surface area contributed by atoms with E-state index in [9.17, 15) is 9.59 Å². The quantitative estimate of drug-likeness (QED) is 0.277. The number of hydrogen-bond acceptors (Lipinski definition) is 8. The molecule has 1 amide bonds. The normalized spacial score (nSPS) is 16.6. The standard InChI is InChI=1S/C25H32N6O4S/c1-6-13-30-22(32)18-16-26-23(36-5)28-21(18)31(30)19-10-7-11-20(27-19)34-17-9-8-14-29(15-12-17)24(33)35-25(2,3)4/h6-7,10-11,16-17H,1,8-9,12-15H2,2-5H3. The number of pyridine rings is 1. The maximum Gasteiger partial charge on any atom is 0.410 e. The van der Waals surface area contributed by atoms with Crippen molar-refractivity contribution < 1.29 is 14.3 Å². The van der Waals surface area contributed by atoms with Gasteiger partial charge in [0.15, 0.2) is 16.6 Å². The van der Waals surface area contributed by atoms with Gasteiger partial charge in [0, 0.05) is 31.8 Å². The van der Waals surface area contributed by atoms with Crippen molar-refractivity contribution in [2.24, 2.45) is 0 Å². The molecule has 0 bridgehead atoms. The highest BCUT2D eigenvalue weighted by atomic mass is 32.2. The van der Waals surface area contributed by atoms with E-state index < -0.39 is 5.60 Å².